The summed E-state index contributed by atoms with van der Waals surface area (Å²) in [5.41, 5.74) is 5.34. The highest BCUT2D eigenvalue weighted by Gasteiger charge is 2.23. The van der Waals surface area contributed by atoms with Crippen LogP contribution in [0.2, 0.25) is 0 Å². The number of nitrogens with one attached hydrogen (secondary N) is 4. The van der Waals surface area contributed by atoms with E-state index in [1.165, 1.54) is 6.08 Å². The second kappa shape index (κ2) is 12.8. The van der Waals surface area contributed by atoms with Gasteiger partial charge in [0.25, 0.3) is 0 Å². The van der Waals surface area contributed by atoms with Crippen molar-refractivity contribution in [1.29, 1.82) is 0 Å². The first-order valence-corrected chi connectivity index (χ1v) is 14.9. The maximum Gasteiger partial charge on any atom is 0.247 e. The summed E-state index contributed by atoms with van der Waals surface area (Å²) < 4.78 is 1.75. The van der Waals surface area contributed by atoms with Crippen LogP contribution in [0, 0.1) is 5.92 Å². The van der Waals surface area contributed by atoms with Crippen LogP contribution >= 0.6 is 0 Å². The number of benzene rings is 2. The number of nitrogens with zero attached hydrogens (tertiary/aromatic N) is 5. The number of aromatic nitrogens is 5. The Hall–Kier alpha value is -4.87. The summed E-state index contributed by atoms with van der Waals surface area (Å²) in [5.74, 6) is 1.17. The van der Waals surface area contributed by atoms with Crippen LogP contribution in [0.1, 0.15) is 37.3 Å². The Kier molecular flexibility index (Phi) is 8.49. The minimum Gasteiger partial charge on any atom is -0.391 e. The largest absolute Gasteiger partial charge is 0.391 e. The maximum atomic E-state index is 11.8. The van der Waals surface area contributed by atoms with Gasteiger partial charge < -0.3 is 26.4 Å². The number of β-amino-alcohol motifs (C(OH)–C–C–N with tert-alkyl or cyclic N) is 1. The van der Waals surface area contributed by atoms with Crippen molar-refractivity contribution in [3.8, 4) is 11.3 Å². The smallest absolute Gasteiger partial charge is 0.247 e. The van der Waals surface area contributed by atoms with Crippen molar-refractivity contribution in [1.82, 2.24) is 29.9 Å². The Balaban J connectivity index is 1.30. The van der Waals surface area contributed by atoms with Gasteiger partial charge in [0, 0.05) is 53.9 Å². The topological polar surface area (TPSA) is 141 Å². The van der Waals surface area contributed by atoms with Gasteiger partial charge in [-0.2, -0.15) is 19.6 Å². The molecule has 0 unspecified atom stereocenters. The molecule has 1 amide bonds. The molecule has 11 heteroatoms. The van der Waals surface area contributed by atoms with Gasteiger partial charge in [-0.15, -0.1) is 0 Å². The predicted molar refractivity (Wildman–Crippen MR) is 174 cm³/mol. The maximum absolute atomic E-state index is 11.8. The van der Waals surface area contributed by atoms with Crippen LogP contribution in [-0.2, 0) is 11.3 Å². The first-order valence-electron chi connectivity index (χ1n) is 14.9. The molecule has 226 valence electrons. The molecule has 1 fully saturated rings. The predicted octanol–water partition coefficient (Wildman–Crippen LogP) is 4.58. The van der Waals surface area contributed by atoms with Crippen molar-refractivity contribution in [3.63, 3.8) is 0 Å². The van der Waals surface area contributed by atoms with Gasteiger partial charge in [-0.3, -0.25) is 9.78 Å². The third-order valence-corrected chi connectivity index (χ3v) is 8.06. The van der Waals surface area contributed by atoms with Crippen LogP contribution in [0.25, 0.3) is 27.7 Å². The number of fused-ring (bicyclic) bond motifs is 2. The minimum absolute atomic E-state index is 0.122. The van der Waals surface area contributed by atoms with E-state index in [1.807, 2.05) is 42.6 Å². The summed E-state index contributed by atoms with van der Waals surface area (Å²) in [6, 6.07) is 15.8. The first kappa shape index (κ1) is 29.2. The van der Waals surface area contributed by atoms with Gasteiger partial charge in [-0.1, -0.05) is 50.8 Å². The fourth-order valence-corrected chi connectivity index (χ4v) is 5.60. The Morgan fingerprint density at radius 1 is 1.18 bits per heavy atom. The van der Waals surface area contributed by atoms with Gasteiger partial charge in [-0.25, -0.2) is 0 Å². The summed E-state index contributed by atoms with van der Waals surface area (Å²) in [6.45, 7) is 10.3. The van der Waals surface area contributed by atoms with Gasteiger partial charge in [0.1, 0.15) is 0 Å². The summed E-state index contributed by atoms with van der Waals surface area (Å²) in [7, 11) is 0. The Labute approximate surface area is 255 Å². The van der Waals surface area contributed by atoms with Crippen molar-refractivity contribution in [2.24, 2.45) is 5.92 Å². The van der Waals surface area contributed by atoms with Crippen LogP contribution in [0.3, 0.4) is 0 Å². The quantitative estimate of drug-likeness (QED) is 0.148. The number of amides is 1. The number of piperidine rings is 1. The molecule has 5 N–H and O–H groups in total. The number of carbonyl (C=O) groups excluding carboxylic acids is 1. The Bertz CT molecular complexity index is 1820. The third kappa shape index (κ3) is 6.10. The van der Waals surface area contributed by atoms with Crippen molar-refractivity contribution in [2.75, 3.05) is 35.6 Å². The normalized spacial score (nSPS) is 16.7. The number of hydrogen-bond donors (Lipinski definition) is 5. The van der Waals surface area contributed by atoms with Crippen LogP contribution in [-0.4, -0.2) is 61.3 Å². The van der Waals surface area contributed by atoms with Gasteiger partial charge in [0.15, 0.2) is 5.65 Å². The monoisotopic (exact) mass is 591 g/mol. The third-order valence-electron chi connectivity index (χ3n) is 8.06. The van der Waals surface area contributed by atoms with Crippen molar-refractivity contribution in [2.45, 2.75) is 38.8 Å². The van der Waals surface area contributed by atoms with E-state index < -0.39 is 6.10 Å². The molecule has 0 aliphatic carbocycles. The van der Waals surface area contributed by atoms with Crippen molar-refractivity contribution >= 4 is 39.9 Å². The lowest BCUT2D eigenvalue weighted by Gasteiger charge is -2.28. The average molecular weight is 592 g/mol. The second-order valence-electron chi connectivity index (χ2n) is 11.4. The first-order chi connectivity index (χ1) is 21.4. The molecule has 6 rings (SSSR count). The summed E-state index contributed by atoms with van der Waals surface area (Å²) >= 11 is 0. The van der Waals surface area contributed by atoms with Crippen LogP contribution in [0.4, 0.5) is 17.6 Å². The zero-order chi connectivity index (χ0) is 30.6. The fraction of sp³-hybridized carbons (Fsp3) is 0.303. The number of pyridine rings is 1. The lowest BCUT2D eigenvalue weighted by molar-refractivity contribution is -0.111. The molecular weight excluding hydrogens is 554 g/mol. The van der Waals surface area contributed by atoms with E-state index in [2.05, 4.69) is 58.9 Å². The Morgan fingerprint density at radius 2 is 2.05 bits per heavy atom. The fourth-order valence-electron chi connectivity index (χ4n) is 5.60. The molecule has 0 saturated carbocycles. The number of aliphatic hydroxyl groups is 1. The summed E-state index contributed by atoms with van der Waals surface area (Å²) in [6.07, 6.45) is 5.36. The Morgan fingerprint density at radius 3 is 2.86 bits per heavy atom. The molecule has 0 spiro atoms. The highest BCUT2D eigenvalue weighted by Crippen LogP contribution is 2.31. The molecular formula is C33H37N9O2. The van der Waals surface area contributed by atoms with Gasteiger partial charge in [-0.05, 0) is 54.1 Å². The minimum atomic E-state index is -0.407. The SMILES string of the molecule is C=CC(=O)Nc1ccc2c(-c3ccccc3CNc3nc(NC[C@H]4CCNC[C@@H]4O)nc4c(C(C)C)cnn34)nccc2c1. The van der Waals surface area contributed by atoms with Crippen molar-refractivity contribution < 1.29 is 9.90 Å². The second-order valence-corrected chi connectivity index (χ2v) is 11.4. The van der Waals surface area contributed by atoms with Gasteiger partial charge >= 0.3 is 0 Å². The molecule has 5 aromatic rings. The number of carbonyl (C=O) groups is 1. The molecule has 44 heavy (non-hydrogen) atoms. The number of rotatable bonds is 10. The van der Waals surface area contributed by atoms with E-state index >= 15 is 0 Å². The standard InChI is InChI=1S/C33H37N9O2/c1-4-29(44)39-24-9-10-26-21(15-24)12-14-35-30(26)25-8-6-5-7-22(25)16-37-33-41-32(36-17-23-11-13-34-19-28(23)43)40-31-27(20(2)3)18-38-42(31)33/h4-10,12,14-15,18,20,23,28,34,43H,1,11,13,16-17,19H2,2-3H3,(H,39,44)(H2,36,37,40,41)/t23-,28+/m1/s1. The summed E-state index contributed by atoms with van der Waals surface area (Å²) in [5, 5.41) is 29.9. The van der Waals surface area contributed by atoms with Gasteiger partial charge in [0.05, 0.1) is 18.0 Å². The average Bonchev–Trinajstić information content (AvgIpc) is 3.47. The van der Waals surface area contributed by atoms with E-state index in [0.29, 0.717) is 37.2 Å². The molecule has 2 atom stereocenters. The molecule has 1 saturated heterocycles. The highest BCUT2D eigenvalue weighted by molar-refractivity contribution is 6.02. The highest BCUT2D eigenvalue weighted by atomic mass is 16.3. The molecule has 1 aliphatic heterocycles. The number of aliphatic hydroxyl groups excluding tert-OH is 1. The molecule has 0 radical (unpaired) electrons. The summed E-state index contributed by atoms with van der Waals surface area (Å²) in [4.78, 5) is 26.2. The zero-order valence-corrected chi connectivity index (χ0v) is 24.9. The van der Waals surface area contributed by atoms with E-state index in [0.717, 1.165) is 51.8 Å². The van der Waals surface area contributed by atoms with E-state index in [-0.39, 0.29) is 17.7 Å². The molecule has 11 nitrogen and oxygen atoms in total. The molecule has 3 aromatic heterocycles. The molecule has 1 aliphatic rings. The van der Waals surface area contributed by atoms with Gasteiger partial charge in [0.2, 0.25) is 17.8 Å². The zero-order valence-electron chi connectivity index (χ0n) is 24.9. The van der Waals surface area contributed by atoms with Crippen molar-refractivity contribution in [3.05, 3.63) is 84.7 Å². The lowest BCUT2D eigenvalue weighted by atomic mass is 9.95. The van der Waals surface area contributed by atoms with Crippen LogP contribution < -0.4 is 21.3 Å². The number of anilines is 3. The van der Waals surface area contributed by atoms with Crippen LogP contribution in [0.15, 0.2) is 73.6 Å². The van der Waals surface area contributed by atoms with Crippen LogP contribution in [0.5, 0.6) is 0 Å². The molecule has 2 aromatic carbocycles. The van der Waals surface area contributed by atoms with E-state index in [9.17, 15) is 9.90 Å². The number of hydrogen-bond acceptors (Lipinski definition) is 9. The van der Waals surface area contributed by atoms with E-state index in [1.54, 1.807) is 10.7 Å². The molecule has 0 bridgehead atoms. The lowest BCUT2D eigenvalue weighted by Crippen LogP contribution is -2.43. The van der Waals surface area contributed by atoms with E-state index in [4.69, 9.17) is 15.0 Å². The molecule has 4 heterocycles.